The van der Waals surface area contributed by atoms with Gasteiger partial charge < -0.3 is 14.8 Å². The van der Waals surface area contributed by atoms with Crippen molar-refractivity contribution in [3.05, 3.63) is 29.6 Å². The molecule has 1 aromatic rings. The molecule has 1 aliphatic rings. The summed E-state index contributed by atoms with van der Waals surface area (Å²) in [5.74, 6) is 0.612. The Hall–Kier alpha value is -1.62. The monoisotopic (exact) mass is 267 g/mol. The van der Waals surface area contributed by atoms with Crippen LogP contribution in [-0.4, -0.2) is 32.8 Å². The standard InChI is InChI=1S/C14H18FNO3/c1-18-14(17)4-5-16-8-10-6-11-7-12(15)2-3-13(11)19-9-10/h2-3,7,10,16H,4-6,8-9H2,1H3. The third-order valence-corrected chi connectivity index (χ3v) is 3.17. The van der Waals surface area contributed by atoms with Crippen molar-refractivity contribution in [2.24, 2.45) is 5.92 Å². The molecule has 4 nitrogen and oxygen atoms in total. The lowest BCUT2D eigenvalue weighted by Gasteiger charge is -2.25. The Balaban J connectivity index is 1.77. The van der Waals surface area contributed by atoms with E-state index in [0.717, 1.165) is 24.3 Å². The normalized spacial score (nSPS) is 17.5. The Morgan fingerprint density at radius 3 is 3.21 bits per heavy atom. The summed E-state index contributed by atoms with van der Waals surface area (Å²) >= 11 is 0. The minimum Gasteiger partial charge on any atom is -0.493 e. The van der Waals surface area contributed by atoms with E-state index in [4.69, 9.17) is 4.74 Å². The van der Waals surface area contributed by atoms with E-state index in [2.05, 4.69) is 10.1 Å². The number of hydrogen-bond donors (Lipinski definition) is 1. The van der Waals surface area contributed by atoms with E-state index in [1.807, 2.05) is 0 Å². The third-order valence-electron chi connectivity index (χ3n) is 3.17. The van der Waals surface area contributed by atoms with Gasteiger partial charge in [-0.2, -0.15) is 0 Å². The Bertz CT molecular complexity index is 450. The van der Waals surface area contributed by atoms with Gasteiger partial charge in [0.15, 0.2) is 0 Å². The fourth-order valence-electron chi connectivity index (χ4n) is 2.16. The number of esters is 1. The molecule has 0 saturated carbocycles. The molecule has 5 heteroatoms. The van der Waals surface area contributed by atoms with Gasteiger partial charge in [-0.15, -0.1) is 0 Å². The van der Waals surface area contributed by atoms with Crippen molar-refractivity contribution < 1.29 is 18.7 Å². The highest BCUT2D eigenvalue weighted by Gasteiger charge is 2.20. The van der Waals surface area contributed by atoms with Crippen LogP contribution >= 0.6 is 0 Å². The van der Waals surface area contributed by atoms with Gasteiger partial charge in [0, 0.05) is 19.0 Å². The second kappa shape index (κ2) is 6.52. The molecule has 104 valence electrons. The quantitative estimate of drug-likeness (QED) is 0.649. The zero-order valence-corrected chi connectivity index (χ0v) is 10.9. The number of hydrogen-bond acceptors (Lipinski definition) is 4. The van der Waals surface area contributed by atoms with Gasteiger partial charge in [0.05, 0.1) is 20.1 Å². The maximum Gasteiger partial charge on any atom is 0.306 e. The van der Waals surface area contributed by atoms with Gasteiger partial charge in [-0.3, -0.25) is 4.79 Å². The fraction of sp³-hybridized carbons (Fsp3) is 0.500. The van der Waals surface area contributed by atoms with Crippen LogP contribution in [0.5, 0.6) is 5.75 Å². The number of ether oxygens (including phenoxy) is 2. The van der Waals surface area contributed by atoms with Crippen LogP contribution in [-0.2, 0) is 16.0 Å². The van der Waals surface area contributed by atoms with Crippen LogP contribution < -0.4 is 10.1 Å². The molecule has 0 spiro atoms. The molecular weight excluding hydrogens is 249 g/mol. The number of carbonyl (C=O) groups is 1. The number of fused-ring (bicyclic) bond motifs is 1. The van der Waals surface area contributed by atoms with Gasteiger partial charge in [-0.05, 0) is 30.2 Å². The number of halogens is 1. The lowest BCUT2D eigenvalue weighted by atomic mass is 9.96. The van der Waals surface area contributed by atoms with Crippen molar-refractivity contribution in [3.8, 4) is 5.75 Å². The first-order chi connectivity index (χ1) is 9.19. The molecule has 2 rings (SSSR count). The van der Waals surface area contributed by atoms with Crippen molar-refractivity contribution in [3.63, 3.8) is 0 Å². The molecule has 1 atom stereocenters. The molecule has 1 N–H and O–H groups in total. The Morgan fingerprint density at radius 1 is 1.58 bits per heavy atom. The smallest absolute Gasteiger partial charge is 0.306 e. The second-order valence-electron chi connectivity index (χ2n) is 4.66. The van der Waals surface area contributed by atoms with E-state index >= 15 is 0 Å². The predicted molar refractivity (Wildman–Crippen MR) is 68.6 cm³/mol. The van der Waals surface area contributed by atoms with Gasteiger partial charge in [-0.25, -0.2) is 4.39 Å². The molecule has 1 heterocycles. The number of methoxy groups -OCH3 is 1. The van der Waals surface area contributed by atoms with Crippen LogP contribution in [0.4, 0.5) is 4.39 Å². The summed E-state index contributed by atoms with van der Waals surface area (Å²) in [5, 5.41) is 3.19. The molecule has 0 fully saturated rings. The highest BCUT2D eigenvalue weighted by atomic mass is 19.1. The zero-order valence-electron chi connectivity index (χ0n) is 10.9. The number of carbonyl (C=O) groups excluding carboxylic acids is 1. The highest BCUT2D eigenvalue weighted by Crippen LogP contribution is 2.27. The lowest BCUT2D eigenvalue weighted by Crippen LogP contribution is -2.32. The molecular formula is C14H18FNO3. The number of rotatable bonds is 5. The minimum absolute atomic E-state index is 0.222. The van der Waals surface area contributed by atoms with Crippen molar-refractivity contribution in [1.29, 1.82) is 0 Å². The van der Waals surface area contributed by atoms with E-state index in [-0.39, 0.29) is 11.8 Å². The maximum absolute atomic E-state index is 13.1. The van der Waals surface area contributed by atoms with E-state index in [9.17, 15) is 9.18 Å². The van der Waals surface area contributed by atoms with E-state index in [1.165, 1.54) is 19.2 Å². The molecule has 19 heavy (non-hydrogen) atoms. The Morgan fingerprint density at radius 2 is 2.42 bits per heavy atom. The SMILES string of the molecule is COC(=O)CCNCC1COc2ccc(F)cc2C1. The number of nitrogens with one attached hydrogen (secondary N) is 1. The molecule has 0 radical (unpaired) electrons. The average molecular weight is 267 g/mol. The molecule has 1 aliphatic heterocycles. The fourth-order valence-corrected chi connectivity index (χ4v) is 2.16. The first-order valence-corrected chi connectivity index (χ1v) is 6.38. The first-order valence-electron chi connectivity index (χ1n) is 6.38. The minimum atomic E-state index is -0.235. The van der Waals surface area contributed by atoms with Crippen LogP contribution in [0.25, 0.3) is 0 Å². The van der Waals surface area contributed by atoms with Crippen LogP contribution in [0.2, 0.25) is 0 Å². The van der Waals surface area contributed by atoms with Crippen LogP contribution in [0.3, 0.4) is 0 Å². The predicted octanol–water partition coefficient (Wildman–Crippen LogP) is 1.53. The molecule has 1 aromatic carbocycles. The topological polar surface area (TPSA) is 47.6 Å². The molecule has 0 bridgehead atoms. The second-order valence-corrected chi connectivity index (χ2v) is 4.66. The summed E-state index contributed by atoms with van der Waals surface area (Å²) in [5.41, 5.74) is 0.908. The first kappa shape index (κ1) is 13.8. The van der Waals surface area contributed by atoms with Crippen LogP contribution in [0.15, 0.2) is 18.2 Å². The van der Waals surface area contributed by atoms with E-state index in [0.29, 0.717) is 25.5 Å². The summed E-state index contributed by atoms with van der Waals surface area (Å²) in [4.78, 5) is 10.9. The van der Waals surface area contributed by atoms with Crippen molar-refractivity contribution in [2.45, 2.75) is 12.8 Å². The average Bonchev–Trinajstić information content (AvgIpc) is 2.42. The third kappa shape index (κ3) is 3.92. The van der Waals surface area contributed by atoms with Gasteiger partial charge >= 0.3 is 5.97 Å². The summed E-state index contributed by atoms with van der Waals surface area (Å²) in [6.45, 7) is 1.94. The molecule has 0 aliphatic carbocycles. The maximum atomic E-state index is 13.1. The molecule has 0 aromatic heterocycles. The Kier molecular flexibility index (Phi) is 4.74. The molecule has 1 unspecified atom stereocenters. The van der Waals surface area contributed by atoms with Crippen LogP contribution in [0.1, 0.15) is 12.0 Å². The van der Waals surface area contributed by atoms with Crippen LogP contribution in [0, 0.1) is 11.7 Å². The summed E-state index contributed by atoms with van der Waals surface area (Å²) in [6, 6.07) is 4.61. The summed E-state index contributed by atoms with van der Waals surface area (Å²) in [6.07, 6.45) is 1.15. The van der Waals surface area contributed by atoms with Crippen molar-refractivity contribution in [2.75, 3.05) is 26.8 Å². The summed E-state index contributed by atoms with van der Waals surface area (Å²) < 4.78 is 23.3. The van der Waals surface area contributed by atoms with Gasteiger partial charge in [0.2, 0.25) is 0 Å². The molecule has 0 saturated heterocycles. The van der Waals surface area contributed by atoms with Crippen molar-refractivity contribution >= 4 is 5.97 Å². The largest absolute Gasteiger partial charge is 0.493 e. The van der Waals surface area contributed by atoms with Gasteiger partial charge in [0.1, 0.15) is 11.6 Å². The number of benzene rings is 1. The zero-order chi connectivity index (χ0) is 13.7. The highest BCUT2D eigenvalue weighted by molar-refractivity contribution is 5.69. The Labute approximate surface area is 111 Å². The van der Waals surface area contributed by atoms with Gasteiger partial charge in [-0.1, -0.05) is 0 Å². The van der Waals surface area contributed by atoms with Gasteiger partial charge in [0.25, 0.3) is 0 Å². The lowest BCUT2D eigenvalue weighted by molar-refractivity contribution is -0.140. The van der Waals surface area contributed by atoms with E-state index in [1.54, 1.807) is 6.07 Å². The van der Waals surface area contributed by atoms with Crippen molar-refractivity contribution in [1.82, 2.24) is 5.32 Å². The van der Waals surface area contributed by atoms with E-state index < -0.39 is 0 Å². The summed E-state index contributed by atoms with van der Waals surface area (Å²) in [7, 11) is 1.38. The molecule has 0 amide bonds.